The molecule has 10 heavy (non-hydrogen) atoms. The number of nitrogens with zero attached hydrogens (tertiary/aromatic N) is 2. The van der Waals surface area contributed by atoms with Crippen LogP contribution in [0.25, 0.3) is 0 Å². The van der Waals surface area contributed by atoms with E-state index in [0.717, 1.165) is 0 Å². The van der Waals surface area contributed by atoms with E-state index in [4.69, 9.17) is 10.0 Å². The van der Waals surface area contributed by atoms with Gasteiger partial charge in [-0.3, -0.25) is 4.68 Å². The maximum absolute atomic E-state index is 8.72. The maximum atomic E-state index is 8.72. The summed E-state index contributed by atoms with van der Waals surface area (Å²) in [5.74, 6) is 0. The van der Waals surface area contributed by atoms with Crippen molar-refractivity contribution in [3.05, 3.63) is 11.9 Å². The summed E-state index contributed by atoms with van der Waals surface area (Å²) in [7, 11) is 0.326. The van der Waals surface area contributed by atoms with E-state index in [1.165, 1.54) is 0 Å². The summed E-state index contributed by atoms with van der Waals surface area (Å²) in [4.78, 5) is 0. The van der Waals surface area contributed by atoms with Crippen LogP contribution in [0.5, 0.6) is 0 Å². The lowest BCUT2D eigenvalue weighted by Gasteiger charge is -1.91. The van der Waals surface area contributed by atoms with Crippen LogP contribution in [0.15, 0.2) is 6.20 Å². The second-order valence-corrected chi connectivity index (χ2v) is 2.22. The average Bonchev–Trinajstić information content (AvgIpc) is 2.10. The summed E-state index contributed by atoms with van der Waals surface area (Å²) >= 11 is 0. The van der Waals surface area contributed by atoms with E-state index in [9.17, 15) is 0 Å². The van der Waals surface area contributed by atoms with Crippen LogP contribution in [0.4, 0.5) is 0 Å². The summed E-state index contributed by atoms with van der Waals surface area (Å²) in [5, 5.41) is 21.4. The van der Waals surface area contributed by atoms with Gasteiger partial charge in [0.1, 0.15) is 0 Å². The van der Waals surface area contributed by atoms with Crippen molar-refractivity contribution in [1.82, 2.24) is 9.78 Å². The Morgan fingerprint density at radius 3 is 2.40 bits per heavy atom. The number of aromatic nitrogens is 2. The van der Waals surface area contributed by atoms with Crippen molar-refractivity contribution in [2.75, 3.05) is 0 Å². The molecule has 5 heteroatoms. The highest BCUT2D eigenvalue weighted by Crippen LogP contribution is 1.88. The number of aryl methyl sites for hydroxylation is 2. The van der Waals surface area contributed by atoms with Crippen molar-refractivity contribution >= 4 is 12.6 Å². The topological polar surface area (TPSA) is 58.3 Å². The first kappa shape index (κ1) is 7.30. The highest BCUT2D eigenvalue weighted by Gasteiger charge is 2.15. The zero-order chi connectivity index (χ0) is 7.72. The molecule has 0 aliphatic heterocycles. The van der Waals surface area contributed by atoms with E-state index < -0.39 is 7.12 Å². The van der Waals surface area contributed by atoms with Crippen molar-refractivity contribution in [1.29, 1.82) is 0 Å². The molecule has 0 aliphatic carbocycles. The molecular weight excluding hydrogens is 131 g/mol. The Kier molecular flexibility index (Phi) is 1.78. The van der Waals surface area contributed by atoms with E-state index in [1.54, 1.807) is 24.9 Å². The lowest BCUT2D eigenvalue weighted by molar-refractivity contribution is 0.425. The third-order valence-corrected chi connectivity index (χ3v) is 1.33. The standard InChI is InChI=1S/C5H9BN2O2/c1-4-5(6(9)10)3-8(2)7-4/h3,9-10H,1-2H3. The van der Waals surface area contributed by atoms with Crippen LogP contribution in [0, 0.1) is 6.92 Å². The molecule has 0 bridgehead atoms. The van der Waals surface area contributed by atoms with Crippen molar-refractivity contribution in [3.63, 3.8) is 0 Å². The number of hydrogen-bond acceptors (Lipinski definition) is 3. The third-order valence-electron chi connectivity index (χ3n) is 1.33. The molecular formula is C5H9BN2O2. The zero-order valence-corrected chi connectivity index (χ0v) is 5.94. The molecule has 0 radical (unpaired) electrons. The Morgan fingerprint density at radius 1 is 1.60 bits per heavy atom. The van der Waals surface area contributed by atoms with E-state index in [0.29, 0.717) is 11.2 Å². The quantitative estimate of drug-likeness (QED) is 0.462. The van der Waals surface area contributed by atoms with Gasteiger partial charge in [-0.2, -0.15) is 5.10 Å². The fraction of sp³-hybridized carbons (Fsp3) is 0.400. The predicted octanol–water partition coefficient (Wildman–Crippen LogP) is -1.59. The van der Waals surface area contributed by atoms with Crippen LogP contribution in [-0.2, 0) is 7.05 Å². The van der Waals surface area contributed by atoms with E-state index in [1.807, 2.05) is 0 Å². The van der Waals surface area contributed by atoms with Crippen LogP contribution >= 0.6 is 0 Å². The molecule has 0 atom stereocenters. The first-order valence-electron chi connectivity index (χ1n) is 2.97. The molecule has 1 heterocycles. The van der Waals surface area contributed by atoms with E-state index in [-0.39, 0.29) is 0 Å². The molecule has 1 rings (SSSR count). The fourth-order valence-electron chi connectivity index (χ4n) is 0.871. The van der Waals surface area contributed by atoms with Gasteiger partial charge in [-0.25, -0.2) is 0 Å². The lowest BCUT2D eigenvalue weighted by Crippen LogP contribution is -2.30. The van der Waals surface area contributed by atoms with E-state index >= 15 is 0 Å². The van der Waals surface area contributed by atoms with Gasteiger partial charge in [0.05, 0.1) is 5.69 Å². The van der Waals surface area contributed by atoms with Gasteiger partial charge in [-0.15, -0.1) is 0 Å². The van der Waals surface area contributed by atoms with Gasteiger partial charge in [0, 0.05) is 18.7 Å². The first-order chi connectivity index (χ1) is 4.61. The Hall–Kier alpha value is -0.805. The van der Waals surface area contributed by atoms with Crippen LogP contribution < -0.4 is 5.46 Å². The summed E-state index contributed by atoms with van der Waals surface area (Å²) in [6.07, 6.45) is 1.58. The largest absolute Gasteiger partial charge is 0.491 e. The molecule has 0 spiro atoms. The van der Waals surface area contributed by atoms with Crippen LogP contribution in [0.3, 0.4) is 0 Å². The smallest absolute Gasteiger partial charge is 0.423 e. The molecule has 0 saturated heterocycles. The summed E-state index contributed by atoms with van der Waals surface area (Å²) in [5.41, 5.74) is 1.11. The van der Waals surface area contributed by atoms with Gasteiger partial charge >= 0.3 is 7.12 Å². The Bertz CT molecular complexity index is 234. The third kappa shape index (κ3) is 1.20. The van der Waals surface area contributed by atoms with Gasteiger partial charge in [0.15, 0.2) is 0 Å². The van der Waals surface area contributed by atoms with E-state index in [2.05, 4.69) is 5.10 Å². The molecule has 0 unspecified atom stereocenters. The molecule has 2 N–H and O–H groups in total. The summed E-state index contributed by atoms with van der Waals surface area (Å²) < 4.78 is 1.55. The second kappa shape index (κ2) is 2.44. The highest BCUT2D eigenvalue weighted by atomic mass is 16.4. The summed E-state index contributed by atoms with van der Waals surface area (Å²) in [6, 6.07) is 0. The number of rotatable bonds is 1. The van der Waals surface area contributed by atoms with Crippen molar-refractivity contribution < 1.29 is 10.0 Å². The number of hydrogen-bond donors (Lipinski definition) is 2. The molecule has 0 saturated carbocycles. The summed E-state index contributed by atoms with van der Waals surface area (Å²) in [6.45, 7) is 1.73. The minimum Gasteiger partial charge on any atom is -0.423 e. The van der Waals surface area contributed by atoms with Crippen molar-refractivity contribution in [2.24, 2.45) is 7.05 Å². The van der Waals surface area contributed by atoms with Crippen molar-refractivity contribution in [3.8, 4) is 0 Å². The molecule has 54 valence electrons. The normalized spacial score (nSPS) is 10.0. The minimum atomic E-state index is -1.41. The van der Waals surface area contributed by atoms with Crippen LogP contribution in [-0.4, -0.2) is 26.9 Å². The minimum absolute atomic E-state index is 0.461. The SMILES string of the molecule is Cc1nn(C)cc1B(O)O. The first-order valence-corrected chi connectivity index (χ1v) is 2.97. The van der Waals surface area contributed by atoms with Gasteiger partial charge in [0.25, 0.3) is 0 Å². The molecule has 4 nitrogen and oxygen atoms in total. The van der Waals surface area contributed by atoms with Gasteiger partial charge < -0.3 is 10.0 Å². The highest BCUT2D eigenvalue weighted by molar-refractivity contribution is 6.59. The average molecular weight is 140 g/mol. The molecule has 0 amide bonds. The van der Waals surface area contributed by atoms with Crippen LogP contribution in [0.1, 0.15) is 5.69 Å². The molecule has 0 fully saturated rings. The Morgan fingerprint density at radius 2 is 2.20 bits per heavy atom. The van der Waals surface area contributed by atoms with Gasteiger partial charge in [0.2, 0.25) is 0 Å². The molecule has 1 aromatic heterocycles. The maximum Gasteiger partial charge on any atom is 0.491 e. The van der Waals surface area contributed by atoms with Gasteiger partial charge in [-0.05, 0) is 6.92 Å². The van der Waals surface area contributed by atoms with Crippen LogP contribution in [0.2, 0.25) is 0 Å². The molecule has 0 aromatic carbocycles. The zero-order valence-electron chi connectivity index (χ0n) is 5.94. The van der Waals surface area contributed by atoms with Crippen molar-refractivity contribution in [2.45, 2.75) is 6.92 Å². The lowest BCUT2D eigenvalue weighted by atomic mass is 9.81. The van der Waals surface area contributed by atoms with Gasteiger partial charge in [-0.1, -0.05) is 0 Å². The second-order valence-electron chi connectivity index (χ2n) is 2.22. The Labute approximate surface area is 59.2 Å². The predicted molar refractivity (Wildman–Crippen MR) is 37.8 cm³/mol. The molecule has 1 aromatic rings. The Balaban J connectivity index is 3.03. The fourth-order valence-corrected chi connectivity index (χ4v) is 0.871. The monoisotopic (exact) mass is 140 g/mol. The molecule has 0 aliphatic rings.